The summed E-state index contributed by atoms with van der Waals surface area (Å²) in [5, 5.41) is 6.61. The molecule has 2 aromatic rings. The number of benzene rings is 2. The van der Waals surface area contributed by atoms with Crippen molar-refractivity contribution < 1.29 is 14.2 Å². The highest BCUT2D eigenvalue weighted by Crippen LogP contribution is 2.27. The zero-order valence-corrected chi connectivity index (χ0v) is 19.3. The highest BCUT2D eigenvalue weighted by molar-refractivity contribution is 14.0. The molecule has 0 atom stereocenters. The molecule has 6 nitrogen and oxygen atoms in total. The van der Waals surface area contributed by atoms with E-state index in [4.69, 9.17) is 14.2 Å². The van der Waals surface area contributed by atoms with Crippen LogP contribution in [0, 0.1) is 0 Å². The molecule has 0 heterocycles. The first-order chi connectivity index (χ1) is 13.2. The van der Waals surface area contributed by atoms with E-state index in [1.807, 2.05) is 56.3 Å². The van der Waals surface area contributed by atoms with E-state index in [1.54, 1.807) is 14.2 Å². The molecule has 0 aliphatic rings. The third kappa shape index (κ3) is 7.46. The van der Waals surface area contributed by atoms with Crippen LogP contribution in [0.2, 0.25) is 0 Å². The fourth-order valence-corrected chi connectivity index (χ4v) is 2.59. The smallest absolute Gasteiger partial charge is 0.191 e. The first-order valence-electron chi connectivity index (χ1n) is 9.15. The van der Waals surface area contributed by atoms with Crippen molar-refractivity contribution in [2.75, 3.05) is 27.4 Å². The van der Waals surface area contributed by atoms with Gasteiger partial charge in [-0.1, -0.05) is 18.2 Å². The van der Waals surface area contributed by atoms with Gasteiger partial charge in [-0.05, 0) is 49.2 Å². The summed E-state index contributed by atoms with van der Waals surface area (Å²) in [6.07, 6.45) is 0. The molecule has 0 unspecified atom stereocenters. The van der Waals surface area contributed by atoms with E-state index in [0.717, 1.165) is 35.1 Å². The van der Waals surface area contributed by atoms with Crippen LogP contribution in [0.3, 0.4) is 0 Å². The number of ether oxygens (including phenoxy) is 3. The molecule has 2 rings (SSSR count). The van der Waals surface area contributed by atoms with Gasteiger partial charge >= 0.3 is 0 Å². The number of hydrogen-bond donors (Lipinski definition) is 2. The first kappa shape index (κ1) is 23.9. The molecule has 2 aromatic carbocycles. The molecule has 0 radical (unpaired) electrons. The molecule has 0 saturated heterocycles. The minimum atomic E-state index is 0. The van der Waals surface area contributed by atoms with Crippen molar-refractivity contribution in [3.63, 3.8) is 0 Å². The Morgan fingerprint density at radius 1 is 0.929 bits per heavy atom. The first-order valence-corrected chi connectivity index (χ1v) is 9.15. The van der Waals surface area contributed by atoms with E-state index in [9.17, 15) is 0 Å². The maximum atomic E-state index is 5.55. The number of nitrogens with zero attached hydrogens (tertiary/aromatic N) is 1. The zero-order chi connectivity index (χ0) is 19.5. The maximum absolute atomic E-state index is 5.55. The number of methoxy groups -OCH3 is 2. The standard InChI is InChI=1S/C21H29N3O3.HI/c1-5-22-21(23-14-16-8-7-9-18(12-16)27-6-2)24-15-17-10-11-19(25-3)20(13-17)26-4;/h7-13H,5-6,14-15H2,1-4H3,(H2,22,23,24);1H. The Morgan fingerprint density at radius 3 is 2.39 bits per heavy atom. The second-order valence-electron chi connectivity index (χ2n) is 5.82. The molecule has 7 heteroatoms. The lowest BCUT2D eigenvalue weighted by molar-refractivity contribution is 0.340. The van der Waals surface area contributed by atoms with Gasteiger partial charge in [0.25, 0.3) is 0 Å². The summed E-state index contributed by atoms with van der Waals surface area (Å²) in [5.41, 5.74) is 2.18. The van der Waals surface area contributed by atoms with Crippen LogP contribution in [-0.2, 0) is 13.1 Å². The van der Waals surface area contributed by atoms with E-state index in [2.05, 4.69) is 15.6 Å². The van der Waals surface area contributed by atoms with Crippen molar-refractivity contribution in [2.24, 2.45) is 4.99 Å². The molecule has 0 spiro atoms. The van der Waals surface area contributed by atoms with E-state index >= 15 is 0 Å². The van der Waals surface area contributed by atoms with Gasteiger partial charge in [-0.2, -0.15) is 0 Å². The van der Waals surface area contributed by atoms with Gasteiger partial charge < -0.3 is 24.8 Å². The largest absolute Gasteiger partial charge is 0.494 e. The summed E-state index contributed by atoms with van der Waals surface area (Å²) in [6.45, 7) is 6.67. The van der Waals surface area contributed by atoms with E-state index in [-0.39, 0.29) is 24.0 Å². The van der Waals surface area contributed by atoms with Gasteiger partial charge in [0.2, 0.25) is 0 Å². The Balaban J connectivity index is 0.00000392. The van der Waals surface area contributed by atoms with Crippen LogP contribution in [0.1, 0.15) is 25.0 Å². The third-order valence-electron chi connectivity index (χ3n) is 3.88. The molecule has 0 aliphatic heterocycles. The number of hydrogen-bond acceptors (Lipinski definition) is 4. The Morgan fingerprint density at radius 2 is 1.71 bits per heavy atom. The fraction of sp³-hybridized carbons (Fsp3) is 0.381. The zero-order valence-electron chi connectivity index (χ0n) is 17.0. The van der Waals surface area contributed by atoms with Crippen LogP contribution in [-0.4, -0.2) is 33.3 Å². The molecule has 2 N–H and O–H groups in total. The lowest BCUT2D eigenvalue weighted by Crippen LogP contribution is -2.36. The highest BCUT2D eigenvalue weighted by atomic mass is 127. The summed E-state index contributed by atoms with van der Waals surface area (Å²) in [4.78, 5) is 4.66. The van der Waals surface area contributed by atoms with Crippen LogP contribution < -0.4 is 24.8 Å². The molecular weight excluding hydrogens is 469 g/mol. The number of nitrogens with one attached hydrogen (secondary N) is 2. The lowest BCUT2D eigenvalue weighted by atomic mass is 10.2. The number of rotatable bonds is 9. The van der Waals surface area contributed by atoms with Gasteiger partial charge in [-0.3, -0.25) is 0 Å². The summed E-state index contributed by atoms with van der Waals surface area (Å²) < 4.78 is 16.2. The van der Waals surface area contributed by atoms with Crippen molar-refractivity contribution in [1.29, 1.82) is 0 Å². The van der Waals surface area contributed by atoms with Crippen molar-refractivity contribution >= 4 is 29.9 Å². The van der Waals surface area contributed by atoms with Gasteiger partial charge in [0.15, 0.2) is 17.5 Å². The Hall–Kier alpha value is -2.16. The van der Waals surface area contributed by atoms with Crippen LogP contribution in [0.4, 0.5) is 0 Å². The molecule has 0 saturated carbocycles. The predicted octanol–water partition coefficient (Wildman–Crippen LogP) is 3.98. The van der Waals surface area contributed by atoms with Gasteiger partial charge in [-0.15, -0.1) is 24.0 Å². The normalized spacial score (nSPS) is 10.6. The summed E-state index contributed by atoms with van der Waals surface area (Å²) in [5.74, 6) is 3.06. The average molecular weight is 499 g/mol. The number of guanidine groups is 1. The van der Waals surface area contributed by atoms with Crippen LogP contribution >= 0.6 is 24.0 Å². The average Bonchev–Trinajstić information content (AvgIpc) is 2.70. The SMILES string of the molecule is CCNC(=NCc1cccc(OCC)c1)NCc1ccc(OC)c(OC)c1.I. The van der Waals surface area contributed by atoms with Crippen molar-refractivity contribution in [1.82, 2.24) is 10.6 Å². The summed E-state index contributed by atoms with van der Waals surface area (Å²) in [7, 11) is 3.27. The topological polar surface area (TPSA) is 64.1 Å². The summed E-state index contributed by atoms with van der Waals surface area (Å²) >= 11 is 0. The molecule has 28 heavy (non-hydrogen) atoms. The van der Waals surface area contributed by atoms with Crippen LogP contribution in [0.25, 0.3) is 0 Å². The Kier molecular flexibility index (Phi) is 11.2. The van der Waals surface area contributed by atoms with Crippen molar-refractivity contribution in [2.45, 2.75) is 26.9 Å². The second-order valence-corrected chi connectivity index (χ2v) is 5.82. The maximum Gasteiger partial charge on any atom is 0.191 e. The van der Waals surface area contributed by atoms with Crippen molar-refractivity contribution in [3.8, 4) is 17.2 Å². The molecule has 0 fully saturated rings. The minimum Gasteiger partial charge on any atom is -0.494 e. The summed E-state index contributed by atoms with van der Waals surface area (Å²) in [6, 6.07) is 13.9. The minimum absolute atomic E-state index is 0. The monoisotopic (exact) mass is 499 g/mol. The van der Waals surface area contributed by atoms with Crippen LogP contribution in [0.15, 0.2) is 47.5 Å². The van der Waals surface area contributed by atoms with E-state index < -0.39 is 0 Å². The van der Waals surface area contributed by atoms with Crippen molar-refractivity contribution in [3.05, 3.63) is 53.6 Å². The molecule has 0 aliphatic carbocycles. The van der Waals surface area contributed by atoms with E-state index in [1.165, 1.54) is 0 Å². The van der Waals surface area contributed by atoms with Gasteiger partial charge in [0.05, 0.1) is 27.4 Å². The number of halogens is 1. The van der Waals surface area contributed by atoms with Gasteiger partial charge in [0.1, 0.15) is 5.75 Å². The molecule has 0 amide bonds. The molecule has 0 bridgehead atoms. The highest BCUT2D eigenvalue weighted by Gasteiger charge is 2.05. The molecule has 0 aromatic heterocycles. The number of aliphatic imine (C=N–C) groups is 1. The van der Waals surface area contributed by atoms with Gasteiger partial charge in [0, 0.05) is 13.1 Å². The van der Waals surface area contributed by atoms with Crippen LogP contribution in [0.5, 0.6) is 17.2 Å². The third-order valence-corrected chi connectivity index (χ3v) is 3.88. The fourth-order valence-electron chi connectivity index (χ4n) is 2.59. The predicted molar refractivity (Wildman–Crippen MR) is 124 cm³/mol. The molecule has 154 valence electrons. The Labute approximate surface area is 184 Å². The molecular formula is C21H30IN3O3. The van der Waals surface area contributed by atoms with E-state index in [0.29, 0.717) is 25.4 Å². The Bertz CT molecular complexity index is 753. The lowest BCUT2D eigenvalue weighted by Gasteiger charge is -2.13. The van der Waals surface area contributed by atoms with Gasteiger partial charge in [-0.25, -0.2) is 4.99 Å². The second kappa shape index (κ2) is 13.1. The quantitative estimate of drug-likeness (QED) is 0.311.